The molecule has 27 heavy (non-hydrogen) atoms. The maximum atomic E-state index is 14.9. The molecule has 4 aromatic rings. The van der Waals surface area contributed by atoms with Crippen LogP contribution in [-0.4, -0.2) is 9.97 Å². The van der Waals surface area contributed by atoms with Crippen molar-refractivity contribution in [2.24, 2.45) is 0 Å². The molecule has 1 unspecified atom stereocenters. The monoisotopic (exact) mass is 367 g/mol. The van der Waals surface area contributed by atoms with Gasteiger partial charge in [0.2, 0.25) is 7.29 Å². The van der Waals surface area contributed by atoms with Crippen molar-refractivity contribution in [3.8, 4) is 22.3 Å². The lowest BCUT2D eigenvalue weighted by Crippen LogP contribution is -2.37. The summed E-state index contributed by atoms with van der Waals surface area (Å²) < 4.78 is 16.9. The Morgan fingerprint density at radius 1 is 0.630 bits per heavy atom. The molecule has 0 saturated heterocycles. The second-order valence-electron chi connectivity index (χ2n) is 6.71. The van der Waals surface area contributed by atoms with Gasteiger partial charge in [0.05, 0.1) is 17.6 Å². The molecule has 6 rings (SSSR count). The first-order chi connectivity index (χ1) is 13.3. The number of aromatic nitrogens is 2. The van der Waals surface area contributed by atoms with E-state index in [-0.39, 0.29) is 0 Å². The first-order valence-corrected chi connectivity index (χ1v) is 10.4. The average Bonchev–Trinajstić information content (AvgIpc) is 2.74. The molecule has 0 aliphatic carbocycles. The molecule has 128 valence electrons. The Morgan fingerprint density at radius 2 is 1.26 bits per heavy atom. The van der Waals surface area contributed by atoms with Crippen LogP contribution in [0.15, 0.2) is 85.5 Å². The highest BCUT2D eigenvalue weighted by atomic mass is 31.2. The molecular weight excluding hydrogens is 353 g/mol. The van der Waals surface area contributed by atoms with Crippen LogP contribution < -0.4 is 15.3 Å². The van der Waals surface area contributed by atoms with Crippen LogP contribution in [-0.2, 0) is 4.57 Å². The fourth-order valence-corrected chi connectivity index (χ4v) is 7.52. The number of rotatable bonds is 0. The first kappa shape index (κ1) is 14.9. The maximum Gasteiger partial charge on any atom is 0.235 e. The molecule has 4 nitrogen and oxygen atoms in total. The summed E-state index contributed by atoms with van der Waals surface area (Å²) in [4.78, 5) is 8.67. The summed E-state index contributed by atoms with van der Waals surface area (Å²) >= 11 is 0. The quantitative estimate of drug-likeness (QED) is 0.429. The van der Waals surface area contributed by atoms with Crippen molar-refractivity contribution in [3.05, 3.63) is 85.5 Å². The molecule has 2 aromatic carbocycles. The Kier molecular flexibility index (Phi) is 2.84. The van der Waals surface area contributed by atoms with Gasteiger partial charge in [-0.2, -0.15) is 0 Å². The zero-order chi connectivity index (χ0) is 18.0. The third-order valence-corrected chi connectivity index (χ3v) is 8.46. The molecule has 2 aliphatic heterocycles. The van der Waals surface area contributed by atoms with Crippen molar-refractivity contribution >= 4 is 29.3 Å². The molecule has 0 saturated carbocycles. The normalized spacial score (nSPS) is 18.6. The number of nitrogens with zero attached hydrogens (tertiary/aromatic N) is 3. The molecule has 0 fully saturated rings. The molecule has 2 aromatic heterocycles. The van der Waals surface area contributed by atoms with Crippen LogP contribution in [0.5, 0.6) is 0 Å². The van der Waals surface area contributed by atoms with E-state index in [4.69, 9.17) is 0 Å². The van der Waals surface area contributed by atoms with Gasteiger partial charge in [-0.15, -0.1) is 0 Å². The summed E-state index contributed by atoms with van der Waals surface area (Å²) in [6.07, 6.45) is 7.22. The second-order valence-corrected chi connectivity index (χ2v) is 9.22. The van der Waals surface area contributed by atoms with E-state index in [0.717, 1.165) is 44.2 Å². The number of hydrogen-bond acceptors (Lipinski definition) is 3. The van der Waals surface area contributed by atoms with Gasteiger partial charge in [0, 0.05) is 40.3 Å². The molecule has 0 amide bonds. The zero-order valence-corrected chi connectivity index (χ0v) is 15.2. The van der Waals surface area contributed by atoms with Crippen LogP contribution in [0.4, 0.5) is 11.4 Å². The Labute approximate surface area is 156 Å². The Hall–Kier alpha value is -3.23. The van der Waals surface area contributed by atoms with Crippen LogP contribution in [0, 0.1) is 0 Å². The summed E-state index contributed by atoms with van der Waals surface area (Å²) in [5.74, 6) is 0. The molecule has 4 heterocycles. The van der Waals surface area contributed by atoms with Gasteiger partial charge in [-0.05, 0) is 35.4 Å². The highest BCUT2D eigenvalue weighted by molar-refractivity contribution is 7.81. The number of anilines is 2. The van der Waals surface area contributed by atoms with Crippen molar-refractivity contribution in [1.29, 1.82) is 0 Å². The topological polar surface area (TPSA) is 46.1 Å². The minimum absolute atomic E-state index is 0.854. The van der Waals surface area contributed by atoms with Gasteiger partial charge in [0.1, 0.15) is 0 Å². The number of benzene rings is 2. The van der Waals surface area contributed by atoms with E-state index in [1.165, 1.54) is 0 Å². The first-order valence-electron chi connectivity index (χ1n) is 8.79. The van der Waals surface area contributed by atoms with Gasteiger partial charge in [0.15, 0.2) is 0 Å². The zero-order valence-electron chi connectivity index (χ0n) is 14.3. The second kappa shape index (κ2) is 5.15. The van der Waals surface area contributed by atoms with E-state index < -0.39 is 7.29 Å². The van der Waals surface area contributed by atoms with Crippen molar-refractivity contribution in [1.82, 2.24) is 9.97 Å². The van der Waals surface area contributed by atoms with Gasteiger partial charge in [-0.25, -0.2) is 0 Å². The van der Waals surface area contributed by atoms with Crippen LogP contribution >= 0.6 is 7.29 Å². The van der Waals surface area contributed by atoms with E-state index in [2.05, 4.69) is 16.0 Å². The Morgan fingerprint density at radius 3 is 2.04 bits per heavy atom. The smallest absolute Gasteiger partial charge is 0.235 e. The molecule has 5 heteroatoms. The van der Waals surface area contributed by atoms with Gasteiger partial charge >= 0.3 is 0 Å². The lowest BCUT2D eigenvalue weighted by atomic mass is 10.0. The molecular formula is C22H14N3OP. The minimum Gasteiger partial charge on any atom is -0.289 e. The van der Waals surface area contributed by atoms with Gasteiger partial charge in [-0.3, -0.25) is 19.2 Å². The molecule has 0 spiro atoms. The third kappa shape index (κ3) is 1.76. The SMILES string of the molecule is O=P12c3ccccc3-c3cnccc3N1c1cnccc1-c1ccccc12. The van der Waals surface area contributed by atoms with Crippen molar-refractivity contribution in [3.63, 3.8) is 0 Å². The lowest BCUT2D eigenvalue weighted by molar-refractivity contribution is 0.586. The molecule has 0 radical (unpaired) electrons. The highest BCUT2D eigenvalue weighted by Crippen LogP contribution is 2.65. The third-order valence-electron chi connectivity index (χ3n) is 5.38. The number of pyridine rings is 2. The maximum absolute atomic E-state index is 14.9. The van der Waals surface area contributed by atoms with Gasteiger partial charge in [0.25, 0.3) is 0 Å². The van der Waals surface area contributed by atoms with Crippen LogP contribution in [0.3, 0.4) is 0 Å². The van der Waals surface area contributed by atoms with Crippen molar-refractivity contribution in [2.45, 2.75) is 0 Å². The van der Waals surface area contributed by atoms with Crippen molar-refractivity contribution < 1.29 is 4.57 Å². The summed E-state index contributed by atoms with van der Waals surface area (Å²) in [6.45, 7) is 0. The highest BCUT2D eigenvalue weighted by Gasteiger charge is 2.47. The van der Waals surface area contributed by atoms with Crippen LogP contribution in [0.1, 0.15) is 0 Å². The summed E-state index contributed by atoms with van der Waals surface area (Å²) in [6, 6.07) is 19.9. The molecule has 0 bridgehead atoms. The number of hydrogen-bond donors (Lipinski definition) is 0. The Bertz CT molecular complexity index is 1190. The van der Waals surface area contributed by atoms with Crippen molar-refractivity contribution in [2.75, 3.05) is 4.67 Å². The van der Waals surface area contributed by atoms with Crippen LogP contribution in [0.25, 0.3) is 22.3 Å². The predicted molar refractivity (Wildman–Crippen MR) is 108 cm³/mol. The van der Waals surface area contributed by atoms with E-state index in [0.29, 0.717) is 0 Å². The van der Waals surface area contributed by atoms with Gasteiger partial charge in [-0.1, -0.05) is 36.4 Å². The van der Waals surface area contributed by atoms with E-state index in [9.17, 15) is 4.57 Å². The standard InChI is InChI=1S/C22H14N3OP/c26-27-21-7-3-1-5-16(21)15-9-11-24-14-20(15)25(27)19-10-12-23-13-18(19)17-6-2-4-8-22(17)27/h1-14H. The molecule has 0 N–H and O–H groups in total. The fourth-order valence-electron chi connectivity index (χ4n) is 4.27. The predicted octanol–water partition coefficient (Wildman–Crippen LogP) is 4.50. The fraction of sp³-hybridized carbons (Fsp3) is 0. The van der Waals surface area contributed by atoms with E-state index >= 15 is 0 Å². The van der Waals surface area contributed by atoms with Gasteiger partial charge < -0.3 is 0 Å². The summed E-state index contributed by atoms with van der Waals surface area (Å²) in [5, 5.41) is 1.73. The average molecular weight is 367 g/mol. The Balaban J connectivity index is 1.84. The summed E-state index contributed by atoms with van der Waals surface area (Å²) in [7, 11) is -3.10. The minimum atomic E-state index is -3.10. The summed E-state index contributed by atoms with van der Waals surface area (Å²) in [5.41, 5.74) is 5.84. The van der Waals surface area contributed by atoms with E-state index in [1.807, 2.05) is 71.7 Å². The molecule has 2 aliphatic rings. The largest absolute Gasteiger partial charge is 0.289 e. The van der Waals surface area contributed by atoms with E-state index in [1.54, 1.807) is 12.4 Å². The lowest BCUT2D eigenvalue weighted by Gasteiger charge is -2.43. The van der Waals surface area contributed by atoms with Crippen LogP contribution in [0.2, 0.25) is 0 Å². The molecule has 1 atom stereocenters. The number of fused-ring (bicyclic) bond motifs is 11.